The number of nitro groups is 1. The largest absolute Gasteiger partial charge is 0.386 e. The summed E-state index contributed by atoms with van der Waals surface area (Å²) in [6, 6.07) is 12.8. The van der Waals surface area contributed by atoms with Crippen LogP contribution < -0.4 is 0 Å². The van der Waals surface area contributed by atoms with Crippen LogP contribution in [0.3, 0.4) is 0 Å². The summed E-state index contributed by atoms with van der Waals surface area (Å²) in [5.41, 5.74) is 0. The molecule has 0 radical (unpaired) electrons. The van der Waals surface area contributed by atoms with Crippen LogP contribution in [-0.4, -0.2) is 14.3 Å². The van der Waals surface area contributed by atoms with Crippen LogP contribution >= 0.6 is 11.5 Å². The van der Waals surface area contributed by atoms with Crippen LogP contribution in [0, 0.1) is 10.1 Å². The van der Waals surface area contributed by atoms with E-state index in [0.29, 0.717) is 5.39 Å². The van der Waals surface area contributed by atoms with E-state index in [4.69, 9.17) is 0 Å². The molecule has 2 aromatic heterocycles. The van der Waals surface area contributed by atoms with E-state index in [-0.39, 0.29) is 5.82 Å². The first-order valence-corrected chi connectivity index (χ1v) is 5.90. The third kappa shape index (κ3) is 2.86. The molecule has 0 saturated heterocycles. The monoisotopic (exact) mass is 259 g/mol. The molecule has 0 spiro atoms. The van der Waals surface area contributed by atoms with Gasteiger partial charge in [0.2, 0.25) is 0 Å². The molecule has 0 amide bonds. The normalized spacial score (nSPS) is 9.56. The Morgan fingerprint density at radius 3 is 2.33 bits per heavy atom. The molecule has 0 N–H and O–H groups in total. The first-order chi connectivity index (χ1) is 8.79. The molecule has 90 valence electrons. The van der Waals surface area contributed by atoms with Gasteiger partial charge in [0.1, 0.15) is 0 Å². The standard InChI is InChI=1S/C7H4N2O2S.C5H5N/c10-9(11)7-5-3-1-2-4-6(5)12-8-7;1-2-4-6-5-3-1/h1-4H;1-5H. The molecular weight excluding hydrogens is 250 g/mol. The first-order valence-electron chi connectivity index (χ1n) is 5.13. The van der Waals surface area contributed by atoms with Crippen molar-refractivity contribution in [3.63, 3.8) is 0 Å². The van der Waals surface area contributed by atoms with Crippen LogP contribution in [0.4, 0.5) is 5.82 Å². The SMILES string of the molecule is O=[N+]([O-])c1nsc2ccccc12.c1ccncc1. The van der Waals surface area contributed by atoms with E-state index >= 15 is 0 Å². The summed E-state index contributed by atoms with van der Waals surface area (Å²) in [6.07, 6.45) is 3.50. The Balaban J connectivity index is 0.000000169. The Morgan fingerprint density at radius 1 is 1.06 bits per heavy atom. The second-order valence-corrected chi connectivity index (χ2v) is 4.09. The van der Waals surface area contributed by atoms with Crippen LogP contribution in [0.1, 0.15) is 0 Å². The van der Waals surface area contributed by atoms with Gasteiger partial charge < -0.3 is 10.1 Å². The van der Waals surface area contributed by atoms with Crippen LogP contribution in [0.2, 0.25) is 0 Å². The smallest absolute Gasteiger partial charge is 0.358 e. The van der Waals surface area contributed by atoms with Crippen LogP contribution in [0.25, 0.3) is 10.1 Å². The maximum atomic E-state index is 10.4. The van der Waals surface area contributed by atoms with Crippen molar-refractivity contribution in [2.75, 3.05) is 0 Å². The van der Waals surface area contributed by atoms with Crippen molar-refractivity contribution >= 4 is 27.4 Å². The molecule has 2 heterocycles. The summed E-state index contributed by atoms with van der Waals surface area (Å²) < 4.78 is 4.59. The van der Waals surface area contributed by atoms with Gasteiger partial charge in [0.15, 0.2) is 0 Å². The Kier molecular flexibility index (Phi) is 3.93. The van der Waals surface area contributed by atoms with Crippen molar-refractivity contribution in [2.24, 2.45) is 0 Å². The minimum absolute atomic E-state index is 0.0457. The van der Waals surface area contributed by atoms with E-state index in [9.17, 15) is 10.1 Å². The van der Waals surface area contributed by atoms with Gasteiger partial charge in [0.05, 0.1) is 21.6 Å². The Bertz CT molecular complexity index is 613. The Morgan fingerprint density at radius 2 is 1.78 bits per heavy atom. The summed E-state index contributed by atoms with van der Waals surface area (Å²) in [4.78, 5) is 13.8. The quantitative estimate of drug-likeness (QED) is 0.496. The molecule has 0 aliphatic carbocycles. The molecule has 18 heavy (non-hydrogen) atoms. The van der Waals surface area contributed by atoms with Gasteiger partial charge in [-0.3, -0.25) is 4.98 Å². The highest BCUT2D eigenvalue weighted by atomic mass is 32.1. The van der Waals surface area contributed by atoms with Crippen molar-refractivity contribution in [1.82, 2.24) is 9.36 Å². The van der Waals surface area contributed by atoms with E-state index in [2.05, 4.69) is 9.36 Å². The minimum atomic E-state index is -0.459. The van der Waals surface area contributed by atoms with Crippen LogP contribution in [0.5, 0.6) is 0 Å². The zero-order chi connectivity index (χ0) is 12.8. The summed E-state index contributed by atoms with van der Waals surface area (Å²) in [7, 11) is 0. The third-order valence-electron chi connectivity index (χ3n) is 2.10. The number of hydrogen-bond donors (Lipinski definition) is 0. The highest BCUT2D eigenvalue weighted by Crippen LogP contribution is 2.27. The molecular formula is C12H9N3O2S. The van der Waals surface area contributed by atoms with E-state index in [1.165, 1.54) is 0 Å². The number of aromatic nitrogens is 2. The van der Waals surface area contributed by atoms with E-state index in [1.54, 1.807) is 24.5 Å². The molecule has 0 atom stereocenters. The predicted molar refractivity (Wildman–Crippen MR) is 70.5 cm³/mol. The molecule has 0 unspecified atom stereocenters. The lowest BCUT2D eigenvalue weighted by atomic mass is 10.3. The average molecular weight is 259 g/mol. The van der Waals surface area contributed by atoms with Crippen molar-refractivity contribution in [1.29, 1.82) is 0 Å². The molecule has 0 aliphatic heterocycles. The lowest BCUT2D eigenvalue weighted by Crippen LogP contribution is -1.86. The molecule has 5 nitrogen and oxygen atoms in total. The van der Waals surface area contributed by atoms with Gasteiger partial charge in [0, 0.05) is 16.8 Å². The van der Waals surface area contributed by atoms with Crippen LogP contribution in [0.15, 0.2) is 54.9 Å². The number of benzene rings is 1. The highest BCUT2D eigenvalue weighted by Gasteiger charge is 2.15. The second kappa shape index (κ2) is 5.83. The number of pyridine rings is 1. The van der Waals surface area contributed by atoms with Gasteiger partial charge in [-0.25, -0.2) is 0 Å². The lowest BCUT2D eigenvalue weighted by Gasteiger charge is -1.87. The number of rotatable bonds is 1. The zero-order valence-corrected chi connectivity index (χ0v) is 10.1. The van der Waals surface area contributed by atoms with Gasteiger partial charge in [0.25, 0.3) is 0 Å². The molecule has 1 aromatic carbocycles. The van der Waals surface area contributed by atoms with Gasteiger partial charge in [-0.2, -0.15) is 0 Å². The fraction of sp³-hybridized carbons (Fsp3) is 0. The predicted octanol–water partition coefficient (Wildman–Crippen LogP) is 3.29. The number of nitrogens with zero attached hydrogens (tertiary/aromatic N) is 3. The third-order valence-corrected chi connectivity index (χ3v) is 2.91. The molecule has 0 fully saturated rings. The summed E-state index contributed by atoms with van der Waals surface area (Å²) in [5, 5.41) is 11.0. The molecule has 0 aliphatic rings. The first kappa shape index (κ1) is 12.1. The summed E-state index contributed by atoms with van der Waals surface area (Å²) in [6.45, 7) is 0. The second-order valence-electron chi connectivity index (χ2n) is 3.28. The maximum Gasteiger partial charge on any atom is 0.386 e. The van der Waals surface area contributed by atoms with Gasteiger partial charge in [-0.15, -0.1) is 0 Å². The maximum absolute atomic E-state index is 10.4. The lowest BCUT2D eigenvalue weighted by molar-refractivity contribution is -0.387. The minimum Gasteiger partial charge on any atom is -0.358 e. The van der Waals surface area contributed by atoms with E-state index < -0.39 is 4.92 Å². The van der Waals surface area contributed by atoms with Crippen molar-refractivity contribution in [3.05, 3.63) is 65.0 Å². The molecule has 3 aromatic rings. The van der Waals surface area contributed by atoms with Crippen LogP contribution in [-0.2, 0) is 0 Å². The van der Waals surface area contributed by atoms with Gasteiger partial charge in [-0.1, -0.05) is 18.2 Å². The molecule has 0 saturated carbocycles. The van der Waals surface area contributed by atoms with Gasteiger partial charge >= 0.3 is 5.82 Å². The average Bonchev–Trinajstić information content (AvgIpc) is 2.85. The zero-order valence-electron chi connectivity index (χ0n) is 9.26. The highest BCUT2D eigenvalue weighted by molar-refractivity contribution is 7.13. The van der Waals surface area contributed by atoms with Crippen molar-refractivity contribution < 1.29 is 4.92 Å². The van der Waals surface area contributed by atoms with E-state index in [0.717, 1.165) is 16.2 Å². The Hall–Kier alpha value is -2.34. The molecule has 0 bridgehead atoms. The van der Waals surface area contributed by atoms with Crippen molar-refractivity contribution in [2.45, 2.75) is 0 Å². The van der Waals surface area contributed by atoms with Crippen molar-refractivity contribution in [3.8, 4) is 0 Å². The summed E-state index contributed by atoms with van der Waals surface area (Å²) in [5.74, 6) is -0.0457. The fourth-order valence-corrected chi connectivity index (χ4v) is 2.06. The van der Waals surface area contributed by atoms with Gasteiger partial charge in [-0.05, 0) is 29.2 Å². The number of fused-ring (bicyclic) bond motifs is 1. The van der Waals surface area contributed by atoms with E-state index in [1.807, 2.05) is 30.3 Å². The summed E-state index contributed by atoms with van der Waals surface area (Å²) >= 11 is 1.15. The fourth-order valence-electron chi connectivity index (χ4n) is 1.32. The Labute approximate surface area is 107 Å². The number of hydrogen-bond acceptors (Lipinski definition) is 5. The molecule has 6 heteroatoms. The topological polar surface area (TPSA) is 68.9 Å². The molecule has 3 rings (SSSR count).